The molecule has 19 nitrogen and oxygen atoms in total. The summed E-state index contributed by atoms with van der Waals surface area (Å²) < 4.78 is 6.11. The van der Waals surface area contributed by atoms with E-state index in [9.17, 15) is 38.7 Å². The first-order chi connectivity index (χ1) is 37.0. The number of carbonyl (C=O) groups excluding carboxylic acids is 9. The zero-order chi connectivity index (χ0) is 59.4. The van der Waals surface area contributed by atoms with Crippen LogP contribution in [0.3, 0.4) is 0 Å². The van der Waals surface area contributed by atoms with Crippen molar-refractivity contribution in [2.45, 2.75) is 220 Å². The van der Waals surface area contributed by atoms with Crippen LogP contribution in [0, 0.1) is 35.5 Å². The maximum atomic E-state index is 15.3. The second-order valence-electron chi connectivity index (χ2n) is 24.7. The molecule has 3 fully saturated rings. The molecule has 1 aromatic rings. The van der Waals surface area contributed by atoms with Crippen molar-refractivity contribution in [3.05, 3.63) is 35.9 Å². The first kappa shape index (κ1) is 65.9. The van der Waals surface area contributed by atoms with Crippen molar-refractivity contribution in [3.8, 4) is 0 Å². The highest BCUT2D eigenvalue weighted by Crippen LogP contribution is 2.31. The first-order valence-electron chi connectivity index (χ1n) is 29.2. The molecule has 2 heterocycles. The summed E-state index contributed by atoms with van der Waals surface area (Å²) >= 11 is 0. The van der Waals surface area contributed by atoms with Crippen LogP contribution in [0.25, 0.3) is 0 Å². The fourth-order valence-electron chi connectivity index (χ4n) is 11.9. The smallest absolute Gasteiger partial charge is 0.332 e. The molecule has 4 N–H and O–H groups in total. The minimum Gasteiger partial charge on any atom is -0.450 e. The third kappa shape index (κ3) is 16.7. The van der Waals surface area contributed by atoms with Crippen molar-refractivity contribution in [3.63, 3.8) is 0 Å². The lowest BCUT2D eigenvalue weighted by molar-refractivity contribution is -0.177. The lowest BCUT2D eigenvalue weighted by Crippen LogP contribution is -2.63. The van der Waals surface area contributed by atoms with Gasteiger partial charge in [-0.1, -0.05) is 138 Å². The van der Waals surface area contributed by atoms with Gasteiger partial charge in [0.1, 0.15) is 42.3 Å². The Hall–Kier alpha value is -5.59. The Bertz CT molecular complexity index is 2260. The minimum atomic E-state index is -1.96. The second-order valence-corrected chi connectivity index (χ2v) is 24.7. The molecule has 4 rings (SSSR count). The van der Waals surface area contributed by atoms with Crippen LogP contribution in [0.15, 0.2) is 30.3 Å². The number of fused-ring (bicyclic) bond motifs is 1. The molecule has 2 saturated heterocycles. The normalized spacial score (nSPS) is 28.0. The molecule has 1 aromatic carbocycles. The zero-order valence-electron chi connectivity index (χ0n) is 50.5. The van der Waals surface area contributed by atoms with Gasteiger partial charge in [0.15, 0.2) is 12.1 Å². The van der Waals surface area contributed by atoms with Gasteiger partial charge in [0.05, 0.1) is 5.60 Å². The van der Waals surface area contributed by atoms with E-state index in [1.54, 1.807) is 41.7 Å². The van der Waals surface area contributed by atoms with Gasteiger partial charge >= 0.3 is 5.97 Å². The molecule has 19 heteroatoms. The van der Waals surface area contributed by atoms with E-state index >= 15 is 9.59 Å². The third-order valence-corrected chi connectivity index (χ3v) is 16.8. The highest BCUT2D eigenvalue weighted by molar-refractivity contribution is 5.99. The van der Waals surface area contributed by atoms with Gasteiger partial charge in [0.2, 0.25) is 41.4 Å². The van der Waals surface area contributed by atoms with Crippen LogP contribution in [0.4, 0.5) is 0 Å². The van der Waals surface area contributed by atoms with E-state index in [2.05, 4.69) is 16.0 Å². The predicted molar refractivity (Wildman–Crippen MR) is 302 cm³/mol. The molecular weight excluding hydrogens is 1010 g/mol. The number of benzene rings is 1. The Morgan fingerprint density at radius 1 is 0.608 bits per heavy atom. The highest BCUT2D eigenvalue weighted by Gasteiger charge is 2.48. The maximum absolute atomic E-state index is 15.3. The van der Waals surface area contributed by atoms with Gasteiger partial charge in [-0.2, -0.15) is 0 Å². The Labute approximate surface area is 471 Å². The summed E-state index contributed by atoms with van der Waals surface area (Å²) in [5.74, 6) is -8.17. The van der Waals surface area contributed by atoms with Crippen LogP contribution in [-0.4, -0.2) is 178 Å². The number of nitrogens with one attached hydrogen (secondary N) is 3. The van der Waals surface area contributed by atoms with Gasteiger partial charge in [-0.05, 0) is 81.1 Å². The molecule has 0 bridgehead atoms. The maximum Gasteiger partial charge on any atom is 0.332 e. The van der Waals surface area contributed by atoms with Crippen LogP contribution in [0.5, 0.6) is 0 Å². The SMILES string of the molecule is CCC(C)[C@H]1OC(=O)[C@H](C(C)(C)O)N(C)C(=O)[C@H](CC(C)C)NC(=O)[C@H](C(C)C)N(C)C(=O)[C@H]([C@H](C)CC)NC(=O)[C@@H]2CCCN2C(=O)[C@H](Cc2ccccc2)N(C)C(=O)[C@H](CC2CCCCC2)NC(=O)[C@H](C(C)C)N(C)C1=O. The number of hydrogen-bond acceptors (Lipinski definition) is 11. The van der Waals surface area contributed by atoms with E-state index in [4.69, 9.17) is 4.74 Å². The molecule has 0 radical (unpaired) electrons. The molecule has 1 saturated carbocycles. The lowest BCUT2D eigenvalue weighted by Gasteiger charge is -2.39. The number of hydrogen-bond donors (Lipinski definition) is 4. The Morgan fingerprint density at radius 2 is 1.14 bits per heavy atom. The Balaban J connectivity index is 1.96. The summed E-state index contributed by atoms with van der Waals surface area (Å²) in [4.78, 5) is 141. The summed E-state index contributed by atoms with van der Waals surface area (Å²) in [5.41, 5.74) is -1.20. The minimum absolute atomic E-state index is 0.0707. The molecule has 0 aromatic heterocycles. The fraction of sp³-hybridized carbons (Fsp3) is 0.750. The lowest BCUT2D eigenvalue weighted by atomic mass is 9.84. The molecule has 1 unspecified atom stereocenters. The van der Waals surface area contributed by atoms with Crippen molar-refractivity contribution in [1.82, 2.24) is 40.4 Å². The molecule has 79 heavy (non-hydrogen) atoms. The van der Waals surface area contributed by atoms with Crippen molar-refractivity contribution >= 4 is 53.2 Å². The quantitative estimate of drug-likeness (QED) is 0.190. The number of cyclic esters (lactones) is 1. The van der Waals surface area contributed by atoms with Crippen LogP contribution in [0.2, 0.25) is 0 Å². The molecule has 3 aliphatic rings. The highest BCUT2D eigenvalue weighted by atomic mass is 16.6. The van der Waals surface area contributed by atoms with E-state index in [-0.39, 0.29) is 44.1 Å². The fourth-order valence-corrected chi connectivity index (χ4v) is 11.9. The molecule has 1 aliphatic carbocycles. The van der Waals surface area contributed by atoms with Crippen molar-refractivity contribution < 1.29 is 53.0 Å². The number of rotatable bonds is 13. The summed E-state index contributed by atoms with van der Waals surface area (Å²) in [6, 6.07) is -0.472. The van der Waals surface area contributed by atoms with Gasteiger partial charge in [-0.3, -0.25) is 38.4 Å². The second kappa shape index (κ2) is 29.2. The molecule has 2 aliphatic heterocycles. The van der Waals surface area contributed by atoms with Crippen LogP contribution >= 0.6 is 0 Å². The number of amides is 8. The standard InChI is InChI=1S/C60H98N8O11/c1-17-38(9)46-57(75)65(14)47(36(5)6)52(70)61-42(32-35(3)4)55(73)67(16)50(60(11,12)78)59(77)79-49(39(10)18-2)58(76)66(15)48(37(7)8)53(71)62-43(33-40-26-21-19-22-27-40)54(72)64(13)45(34-41-28-23-20-24-29-41)56(74)68-31-25-30-44(68)51(69)63-46/h20,23-24,28-29,35-40,42-50,78H,17-19,21-22,25-27,30-34H2,1-16H3,(H,61,70)(H,62,71)(H,63,69)/t38-,39?,42+,43+,44+,45+,46+,47+,48+,49-,50-/m1/s1. The molecule has 8 amide bonds. The largest absolute Gasteiger partial charge is 0.450 e. The number of carbonyl (C=O) groups is 9. The predicted octanol–water partition coefficient (Wildman–Crippen LogP) is 5.10. The molecule has 11 atom stereocenters. The van der Waals surface area contributed by atoms with E-state index in [1.165, 1.54) is 54.6 Å². The molecule has 444 valence electrons. The topological polar surface area (TPSA) is 235 Å². The number of likely N-dealkylation sites (N-methyl/N-ethyl adjacent to an activating group) is 4. The van der Waals surface area contributed by atoms with Crippen molar-refractivity contribution in [2.75, 3.05) is 34.7 Å². The molecular formula is C60H98N8O11. The molecule has 0 spiro atoms. The summed E-state index contributed by atoms with van der Waals surface area (Å²) in [5, 5.41) is 20.6. The third-order valence-electron chi connectivity index (χ3n) is 16.8. The Kier molecular flexibility index (Phi) is 24.4. The van der Waals surface area contributed by atoms with E-state index in [1.807, 2.05) is 65.0 Å². The first-order valence-corrected chi connectivity index (χ1v) is 29.2. The average Bonchev–Trinajstić information content (AvgIpc) is 3.93. The number of aliphatic hydroxyl groups is 1. The Morgan fingerprint density at radius 3 is 1.66 bits per heavy atom. The van der Waals surface area contributed by atoms with Gasteiger partial charge in [-0.25, -0.2) is 4.79 Å². The van der Waals surface area contributed by atoms with E-state index in [0.717, 1.165) is 42.6 Å². The monoisotopic (exact) mass is 1110 g/mol. The van der Waals surface area contributed by atoms with Gasteiger partial charge in [0, 0.05) is 47.1 Å². The number of nitrogens with zero attached hydrogens (tertiary/aromatic N) is 5. The van der Waals surface area contributed by atoms with Crippen LogP contribution < -0.4 is 16.0 Å². The van der Waals surface area contributed by atoms with Crippen LogP contribution in [0.1, 0.15) is 159 Å². The van der Waals surface area contributed by atoms with Gasteiger partial charge in [-0.15, -0.1) is 0 Å². The van der Waals surface area contributed by atoms with Gasteiger partial charge < -0.3 is 50.3 Å². The van der Waals surface area contributed by atoms with Crippen molar-refractivity contribution in [1.29, 1.82) is 0 Å². The van der Waals surface area contributed by atoms with Crippen LogP contribution in [-0.2, 0) is 54.3 Å². The number of ether oxygens (including phenoxy) is 1. The van der Waals surface area contributed by atoms with E-state index in [0.29, 0.717) is 19.3 Å². The summed E-state index contributed by atoms with van der Waals surface area (Å²) in [6.45, 7) is 20.8. The summed E-state index contributed by atoms with van der Waals surface area (Å²) in [6.07, 6.45) is 5.14. The van der Waals surface area contributed by atoms with Crippen molar-refractivity contribution in [2.24, 2.45) is 35.5 Å². The number of esters is 1. The van der Waals surface area contributed by atoms with Gasteiger partial charge in [0.25, 0.3) is 5.91 Å². The van der Waals surface area contributed by atoms with E-state index < -0.39 is 137 Å². The summed E-state index contributed by atoms with van der Waals surface area (Å²) in [7, 11) is 5.77. The zero-order valence-corrected chi connectivity index (χ0v) is 50.5. The average molecular weight is 1110 g/mol.